The molecule has 0 saturated carbocycles. The van der Waals surface area contributed by atoms with Crippen molar-refractivity contribution in [3.63, 3.8) is 0 Å². The minimum atomic E-state index is -0.949. The lowest BCUT2D eigenvalue weighted by atomic mass is 10.0. The summed E-state index contributed by atoms with van der Waals surface area (Å²) in [6, 6.07) is 5.47. The van der Waals surface area contributed by atoms with E-state index in [0.29, 0.717) is 17.9 Å². The van der Waals surface area contributed by atoms with Crippen molar-refractivity contribution >= 4 is 11.6 Å². The van der Waals surface area contributed by atoms with Crippen molar-refractivity contribution in [3.8, 4) is 5.75 Å². The van der Waals surface area contributed by atoms with Gasteiger partial charge in [0.25, 0.3) is 5.91 Å². The monoisotopic (exact) mass is 193 g/mol. The second-order valence-electron chi connectivity index (χ2n) is 3.20. The van der Waals surface area contributed by atoms with Crippen LogP contribution in [0.5, 0.6) is 5.75 Å². The minimum Gasteiger partial charge on any atom is -0.495 e. The van der Waals surface area contributed by atoms with Gasteiger partial charge in [-0.05, 0) is 11.6 Å². The summed E-state index contributed by atoms with van der Waals surface area (Å²) in [6.07, 6.45) is -0.604. The van der Waals surface area contributed by atoms with E-state index in [9.17, 15) is 9.90 Å². The zero-order chi connectivity index (χ0) is 10.1. The number of hydrogen-bond donors (Lipinski definition) is 2. The summed E-state index contributed by atoms with van der Waals surface area (Å²) in [5.74, 6) is 0.254. The molecule has 1 aromatic carbocycles. The maximum Gasteiger partial charge on any atom is 0.253 e. The Morgan fingerprint density at radius 1 is 1.57 bits per heavy atom. The van der Waals surface area contributed by atoms with Crippen molar-refractivity contribution in [2.45, 2.75) is 12.5 Å². The molecule has 1 amide bonds. The second kappa shape index (κ2) is 3.31. The molecule has 4 heteroatoms. The van der Waals surface area contributed by atoms with Gasteiger partial charge < -0.3 is 15.2 Å². The van der Waals surface area contributed by atoms with Gasteiger partial charge >= 0.3 is 0 Å². The molecule has 1 aliphatic rings. The van der Waals surface area contributed by atoms with Gasteiger partial charge in [0.05, 0.1) is 12.8 Å². The number of aliphatic hydroxyl groups is 1. The van der Waals surface area contributed by atoms with E-state index < -0.39 is 6.10 Å². The number of nitrogens with one attached hydrogen (secondary N) is 1. The highest BCUT2D eigenvalue weighted by atomic mass is 16.5. The van der Waals surface area contributed by atoms with E-state index in [-0.39, 0.29) is 5.91 Å². The minimum absolute atomic E-state index is 0.346. The fourth-order valence-corrected chi connectivity index (χ4v) is 1.57. The summed E-state index contributed by atoms with van der Waals surface area (Å²) in [5.41, 5.74) is 1.57. The third-order valence-electron chi connectivity index (χ3n) is 2.30. The summed E-state index contributed by atoms with van der Waals surface area (Å²) in [7, 11) is 1.55. The average Bonchev–Trinajstić information content (AvgIpc) is 2.19. The van der Waals surface area contributed by atoms with E-state index in [4.69, 9.17) is 4.74 Å². The number of carbonyl (C=O) groups excluding carboxylic acids is 1. The normalized spacial score (nSPS) is 19.9. The van der Waals surface area contributed by atoms with Crippen LogP contribution < -0.4 is 10.1 Å². The Bertz CT molecular complexity index is 376. The van der Waals surface area contributed by atoms with Gasteiger partial charge in [-0.25, -0.2) is 0 Å². The van der Waals surface area contributed by atoms with Crippen molar-refractivity contribution in [1.29, 1.82) is 0 Å². The molecule has 0 fully saturated rings. The molecular formula is C10H11NO3. The van der Waals surface area contributed by atoms with E-state index in [2.05, 4.69) is 5.32 Å². The Hall–Kier alpha value is -1.55. The fraction of sp³-hybridized carbons (Fsp3) is 0.300. The molecule has 1 aliphatic heterocycles. The Labute approximate surface area is 81.5 Å². The van der Waals surface area contributed by atoms with Crippen LogP contribution in [0.1, 0.15) is 5.56 Å². The maximum absolute atomic E-state index is 11.2. The number of anilines is 1. The number of aliphatic hydroxyl groups excluding tert-OH is 1. The van der Waals surface area contributed by atoms with Gasteiger partial charge in [-0.15, -0.1) is 0 Å². The molecule has 4 nitrogen and oxygen atoms in total. The number of amides is 1. The number of hydrogen-bond acceptors (Lipinski definition) is 3. The third kappa shape index (κ3) is 1.33. The van der Waals surface area contributed by atoms with Gasteiger partial charge in [-0.3, -0.25) is 4.79 Å². The number of carbonyl (C=O) groups is 1. The van der Waals surface area contributed by atoms with E-state index in [1.807, 2.05) is 12.1 Å². The van der Waals surface area contributed by atoms with E-state index in [0.717, 1.165) is 5.56 Å². The Morgan fingerprint density at radius 3 is 3.07 bits per heavy atom. The van der Waals surface area contributed by atoms with E-state index in [1.54, 1.807) is 13.2 Å². The van der Waals surface area contributed by atoms with Crippen LogP contribution in [-0.2, 0) is 11.2 Å². The fourth-order valence-electron chi connectivity index (χ4n) is 1.57. The van der Waals surface area contributed by atoms with Crippen LogP contribution in [0, 0.1) is 0 Å². The topological polar surface area (TPSA) is 58.6 Å². The van der Waals surface area contributed by atoms with Crippen LogP contribution in [0.25, 0.3) is 0 Å². The Balaban J connectivity index is 2.46. The first-order valence-electron chi connectivity index (χ1n) is 4.37. The molecule has 1 heterocycles. The summed E-state index contributed by atoms with van der Waals surface area (Å²) >= 11 is 0. The van der Waals surface area contributed by atoms with E-state index >= 15 is 0 Å². The van der Waals surface area contributed by atoms with Gasteiger partial charge in [-0.1, -0.05) is 12.1 Å². The first-order chi connectivity index (χ1) is 6.72. The molecular weight excluding hydrogens is 182 g/mol. The van der Waals surface area contributed by atoms with Crippen molar-refractivity contribution in [2.75, 3.05) is 12.4 Å². The largest absolute Gasteiger partial charge is 0.495 e. The van der Waals surface area contributed by atoms with Crippen LogP contribution in [0.15, 0.2) is 18.2 Å². The quantitative estimate of drug-likeness (QED) is 0.684. The number of ether oxygens (including phenoxy) is 1. The molecule has 0 bridgehead atoms. The van der Waals surface area contributed by atoms with Crippen molar-refractivity contribution in [3.05, 3.63) is 23.8 Å². The molecule has 0 unspecified atom stereocenters. The zero-order valence-electron chi connectivity index (χ0n) is 7.78. The molecule has 0 aromatic heterocycles. The van der Waals surface area contributed by atoms with Crippen LogP contribution in [0.2, 0.25) is 0 Å². The molecule has 2 rings (SSSR count). The molecule has 0 saturated heterocycles. The van der Waals surface area contributed by atoms with E-state index in [1.165, 1.54) is 0 Å². The SMILES string of the molecule is COc1cccc2c1NC(=O)[C@@H](O)C2. The molecule has 2 N–H and O–H groups in total. The molecule has 14 heavy (non-hydrogen) atoms. The number of para-hydroxylation sites is 1. The lowest BCUT2D eigenvalue weighted by Gasteiger charge is -2.22. The molecule has 0 radical (unpaired) electrons. The first-order valence-corrected chi connectivity index (χ1v) is 4.37. The predicted octanol–water partition coefficient (Wildman–Crippen LogP) is 0.551. The lowest BCUT2D eigenvalue weighted by Crippen LogP contribution is -2.34. The van der Waals surface area contributed by atoms with Gasteiger partial charge in [0.1, 0.15) is 11.9 Å². The van der Waals surface area contributed by atoms with Crippen molar-refractivity contribution in [2.24, 2.45) is 0 Å². The number of methoxy groups -OCH3 is 1. The zero-order valence-corrected chi connectivity index (χ0v) is 7.78. The molecule has 0 aliphatic carbocycles. The highest BCUT2D eigenvalue weighted by molar-refractivity contribution is 5.98. The average molecular weight is 193 g/mol. The predicted molar refractivity (Wildman–Crippen MR) is 51.3 cm³/mol. The summed E-state index contributed by atoms with van der Waals surface area (Å²) in [4.78, 5) is 11.2. The van der Waals surface area contributed by atoms with Gasteiger partial charge in [0.2, 0.25) is 0 Å². The van der Waals surface area contributed by atoms with Crippen LogP contribution in [0.4, 0.5) is 5.69 Å². The second-order valence-corrected chi connectivity index (χ2v) is 3.20. The highest BCUT2D eigenvalue weighted by Crippen LogP contribution is 2.31. The number of fused-ring (bicyclic) bond motifs is 1. The lowest BCUT2D eigenvalue weighted by molar-refractivity contribution is -0.124. The van der Waals surface area contributed by atoms with Gasteiger partial charge in [-0.2, -0.15) is 0 Å². The summed E-state index contributed by atoms with van der Waals surface area (Å²) in [6.45, 7) is 0. The summed E-state index contributed by atoms with van der Waals surface area (Å²) < 4.78 is 5.10. The smallest absolute Gasteiger partial charge is 0.253 e. The Morgan fingerprint density at radius 2 is 2.36 bits per heavy atom. The number of benzene rings is 1. The van der Waals surface area contributed by atoms with Crippen molar-refractivity contribution in [1.82, 2.24) is 0 Å². The van der Waals surface area contributed by atoms with Crippen LogP contribution >= 0.6 is 0 Å². The van der Waals surface area contributed by atoms with Gasteiger partial charge in [0, 0.05) is 6.42 Å². The van der Waals surface area contributed by atoms with Gasteiger partial charge in [0.15, 0.2) is 0 Å². The van der Waals surface area contributed by atoms with Crippen molar-refractivity contribution < 1.29 is 14.6 Å². The first kappa shape index (κ1) is 9.02. The molecule has 1 atom stereocenters. The summed E-state index contributed by atoms with van der Waals surface area (Å²) in [5, 5.41) is 12.0. The standard InChI is InChI=1S/C10H11NO3/c1-14-8-4-2-3-6-5-7(12)10(13)11-9(6)8/h2-4,7,12H,5H2,1H3,(H,11,13)/t7-/m0/s1. The molecule has 0 spiro atoms. The molecule has 74 valence electrons. The highest BCUT2D eigenvalue weighted by Gasteiger charge is 2.25. The van der Waals surface area contributed by atoms with Crippen LogP contribution in [-0.4, -0.2) is 24.2 Å². The maximum atomic E-state index is 11.2. The molecule has 1 aromatic rings. The number of rotatable bonds is 1. The third-order valence-corrected chi connectivity index (χ3v) is 2.30. The Kier molecular flexibility index (Phi) is 2.13. The van der Waals surface area contributed by atoms with Crippen LogP contribution in [0.3, 0.4) is 0 Å².